The molecule has 7 rings (SSSR count). The van der Waals surface area contributed by atoms with Gasteiger partial charge in [-0.05, 0) is 125 Å². The molecule has 4 aliphatic rings. The highest BCUT2D eigenvalue weighted by Gasteiger charge is 2.39. The van der Waals surface area contributed by atoms with Crippen molar-refractivity contribution in [3.63, 3.8) is 0 Å². The molecule has 262 valence electrons. The minimum Gasteiger partial charge on any atom is -0.496 e. The van der Waals surface area contributed by atoms with Crippen LogP contribution in [0.4, 0.5) is 10.6 Å². The summed E-state index contributed by atoms with van der Waals surface area (Å²) in [4.78, 5) is 42.0. The number of aryl methyl sites for hydroxylation is 1. The second-order valence-electron chi connectivity index (χ2n) is 15.1. The number of rotatable bonds is 9. The Morgan fingerprint density at radius 2 is 1.73 bits per heavy atom. The standard InChI is InChI=1S/C39H51N5O5/c1-25-20-31(14-15-35(25)48-3)27-6-4-26(5-7-27)22-44(36-21-32(16-17-40-36)33-24-49-37(41-33)29-10-11-29)38(45)30-12-8-28(9-13-30)34-23-42(2)18-19-43(34)39(46)47/h14-17,20-21,24,26-30,34H,4-13,18-19,22-23H2,1-3H3,(H,46,47)/t26-,27-,28-,30-,34?. The van der Waals surface area contributed by atoms with Gasteiger partial charge in [-0.15, -0.1) is 0 Å². The van der Waals surface area contributed by atoms with Crippen molar-refractivity contribution in [2.45, 2.75) is 89.0 Å². The number of anilines is 1. The summed E-state index contributed by atoms with van der Waals surface area (Å²) in [6, 6.07) is 10.5. The third-order valence-corrected chi connectivity index (χ3v) is 11.7. The number of likely N-dealkylation sites (N-methyl/N-ethyl adjacent to an activating group) is 1. The number of amides is 2. The monoisotopic (exact) mass is 669 g/mol. The molecule has 1 aromatic carbocycles. The van der Waals surface area contributed by atoms with E-state index >= 15 is 0 Å². The maximum absolute atomic E-state index is 14.5. The molecule has 4 fully saturated rings. The normalized spacial score (nSPS) is 26.3. The van der Waals surface area contributed by atoms with Crippen molar-refractivity contribution in [3.8, 4) is 17.0 Å². The fourth-order valence-corrected chi connectivity index (χ4v) is 8.62. The summed E-state index contributed by atoms with van der Waals surface area (Å²) >= 11 is 0. The van der Waals surface area contributed by atoms with Gasteiger partial charge in [0.05, 0.1) is 13.2 Å². The zero-order valence-electron chi connectivity index (χ0n) is 29.2. The number of methoxy groups -OCH3 is 1. The molecule has 3 saturated carbocycles. The average Bonchev–Trinajstić information content (AvgIpc) is 3.86. The number of benzene rings is 1. The van der Waals surface area contributed by atoms with Gasteiger partial charge in [-0.3, -0.25) is 9.69 Å². The molecule has 3 aliphatic carbocycles. The van der Waals surface area contributed by atoms with Crippen LogP contribution in [-0.2, 0) is 4.79 Å². The highest BCUT2D eigenvalue weighted by Crippen LogP contribution is 2.42. The number of nitrogens with zero attached hydrogens (tertiary/aromatic N) is 5. The Hall–Kier alpha value is -3.92. The summed E-state index contributed by atoms with van der Waals surface area (Å²) in [5.41, 5.74) is 4.24. The van der Waals surface area contributed by atoms with E-state index in [-0.39, 0.29) is 23.8 Å². The fourth-order valence-electron chi connectivity index (χ4n) is 8.62. The average molecular weight is 670 g/mol. The Bertz CT molecular complexity index is 1620. The van der Waals surface area contributed by atoms with Gasteiger partial charge >= 0.3 is 6.09 Å². The molecule has 1 aliphatic heterocycles. The van der Waals surface area contributed by atoms with E-state index in [4.69, 9.17) is 19.1 Å². The minimum absolute atomic E-state index is 0.0191. The van der Waals surface area contributed by atoms with Crippen molar-refractivity contribution in [1.82, 2.24) is 19.8 Å². The number of carboxylic acid groups (broad SMARTS) is 1. The SMILES string of the molecule is COc1ccc([C@H]2CC[C@H](CN(c3cc(-c4coc(C5CC5)n4)ccn3)C(=O)[C@H]3CC[C@H](C4CN(C)CCN4C(=O)O)CC3)CC2)cc1C. The molecule has 3 heterocycles. The van der Waals surface area contributed by atoms with Crippen LogP contribution in [0.1, 0.15) is 93.1 Å². The maximum atomic E-state index is 14.5. The molecule has 1 N–H and O–H groups in total. The lowest BCUT2D eigenvalue weighted by atomic mass is 9.76. The molecule has 1 atom stereocenters. The number of aromatic nitrogens is 2. The number of pyridine rings is 1. The van der Waals surface area contributed by atoms with Gasteiger partial charge in [0, 0.05) is 49.8 Å². The lowest BCUT2D eigenvalue weighted by molar-refractivity contribution is -0.124. The number of carbonyl (C=O) groups is 2. The van der Waals surface area contributed by atoms with Gasteiger partial charge in [0.15, 0.2) is 5.89 Å². The maximum Gasteiger partial charge on any atom is 0.407 e. The Labute approximate surface area is 289 Å². The van der Waals surface area contributed by atoms with Gasteiger partial charge in [-0.25, -0.2) is 14.8 Å². The molecular weight excluding hydrogens is 618 g/mol. The van der Waals surface area contributed by atoms with E-state index in [1.165, 1.54) is 11.1 Å². The zero-order valence-corrected chi connectivity index (χ0v) is 29.2. The largest absolute Gasteiger partial charge is 0.496 e. The summed E-state index contributed by atoms with van der Waals surface area (Å²) in [6.45, 7) is 4.81. The van der Waals surface area contributed by atoms with Crippen molar-refractivity contribution >= 4 is 17.8 Å². The molecule has 1 saturated heterocycles. The van der Waals surface area contributed by atoms with Crippen LogP contribution in [0.5, 0.6) is 5.75 Å². The fraction of sp³-hybridized carbons (Fsp3) is 0.590. The van der Waals surface area contributed by atoms with Crippen LogP contribution < -0.4 is 9.64 Å². The van der Waals surface area contributed by atoms with E-state index in [2.05, 4.69) is 37.1 Å². The summed E-state index contributed by atoms with van der Waals surface area (Å²) in [7, 11) is 3.79. The van der Waals surface area contributed by atoms with Crippen LogP contribution in [0.3, 0.4) is 0 Å². The van der Waals surface area contributed by atoms with Gasteiger partial charge in [0.2, 0.25) is 5.91 Å². The van der Waals surface area contributed by atoms with Gasteiger partial charge in [0.1, 0.15) is 23.5 Å². The smallest absolute Gasteiger partial charge is 0.407 e. The molecule has 2 amide bonds. The van der Waals surface area contributed by atoms with Crippen molar-refractivity contribution in [1.29, 1.82) is 0 Å². The Morgan fingerprint density at radius 3 is 2.43 bits per heavy atom. The molecule has 10 nitrogen and oxygen atoms in total. The first-order valence-electron chi connectivity index (χ1n) is 18.3. The summed E-state index contributed by atoms with van der Waals surface area (Å²) in [5, 5.41) is 9.90. The van der Waals surface area contributed by atoms with Crippen LogP contribution in [-0.4, -0.2) is 83.3 Å². The molecule has 49 heavy (non-hydrogen) atoms. The van der Waals surface area contributed by atoms with E-state index in [9.17, 15) is 14.7 Å². The van der Waals surface area contributed by atoms with Crippen molar-refractivity contribution in [3.05, 3.63) is 59.8 Å². The molecule has 1 unspecified atom stereocenters. The number of ether oxygens (including phenoxy) is 1. The molecular formula is C39H51N5O5. The first kappa shape index (κ1) is 33.6. The summed E-state index contributed by atoms with van der Waals surface area (Å²) < 4.78 is 11.3. The number of hydrogen-bond donors (Lipinski definition) is 1. The van der Waals surface area contributed by atoms with Gasteiger partial charge in [0.25, 0.3) is 0 Å². The quantitative estimate of drug-likeness (QED) is 0.252. The van der Waals surface area contributed by atoms with Crippen LogP contribution in [0, 0.1) is 24.7 Å². The zero-order chi connectivity index (χ0) is 34.1. The Balaban J connectivity index is 1.07. The number of carbonyl (C=O) groups excluding carboxylic acids is 1. The van der Waals surface area contributed by atoms with E-state index in [1.807, 2.05) is 17.0 Å². The third-order valence-electron chi connectivity index (χ3n) is 11.7. The van der Waals surface area contributed by atoms with Gasteiger partial charge in [-0.2, -0.15) is 0 Å². The predicted molar refractivity (Wildman–Crippen MR) is 188 cm³/mol. The lowest BCUT2D eigenvalue weighted by Gasteiger charge is -2.44. The van der Waals surface area contributed by atoms with Crippen molar-refractivity contribution < 1.29 is 23.8 Å². The lowest BCUT2D eigenvalue weighted by Crippen LogP contribution is -2.57. The molecule has 0 bridgehead atoms. The molecule has 3 aromatic rings. The van der Waals surface area contributed by atoms with Crippen LogP contribution in [0.15, 0.2) is 47.2 Å². The Kier molecular flexibility index (Phi) is 9.94. The van der Waals surface area contributed by atoms with Crippen molar-refractivity contribution in [2.24, 2.45) is 17.8 Å². The van der Waals surface area contributed by atoms with Gasteiger partial charge in [-0.1, -0.05) is 12.1 Å². The number of piperazine rings is 1. The summed E-state index contributed by atoms with van der Waals surface area (Å²) in [5.74, 6) is 4.04. The van der Waals surface area contributed by atoms with E-state index in [0.29, 0.717) is 36.7 Å². The topological polar surface area (TPSA) is 112 Å². The van der Waals surface area contributed by atoms with Crippen LogP contribution in [0.2, 0.25) is 0 Å². The second-order valence-corrected chi connectivity index (χ2v) is 15.1. The van der Waals surface area contributed by atoms with Crippen LogP contribution in [0.25, 0.3) is 11.3 Å². The Morgan fingerprint density at radius 1 is 0.980 bits per heavy atom. The third kappa shape index (κ3) is 7.49. The van der Waals surface area contributed by atoms with E-state index in [1.54, 1.807) is 24.5 Å². The van der Waals surface area contributed by atoms with E-state index < -0.39 is 6.09 Å². The molecule has 10 heteroatoms. The summed E-state index contributed by atoms with van der Waals surface area (Å²) in [6.07, 6.45) is 12.5. The number of oxazole rings is 1. The molecule has 0 radical (unpaired) electrons. The first-order valence-corrected chi connectivity index (χ1v) is 18.3. The highest BCUT2D eigenvalue weighted by molar-refractivity contribution is 5.94. The van der Waals surface area contributed by atoms with Crippen molar-refractivity contribution in [2.75, 3.05) is 45.2 Å². The highest BCUT2D eigenvalue weighted by atomic mass is 16.5. The predicted octanol–water partition coefficient (Wildman–Crippen LogP) is 7.34. The number of hydrogen-bond acceptors (Lipinski definition) is 7. The minimum atomic E-state index is -0.832. The van der Waals surface area contributed by atoms with Gasteiger partial charge < -0.3 is 24.1 Å². The second kappa shape index (κ2) is 14.5. The van der Waals surface area contributed by atoms with Crippen LogP contribution >= 0.6 is 0 Å². The molecule has 0 spiro atoms. The van der Waals surface area contributed by atoms with E-state index in [0.717, 1.165) is 100 Å². The molecule has 2 aromatic heterocycles. The first-order chi connectivity index (χ1) is 23.8.